The minimum Gasteiger partial charge on any atom is -0.463 e. The number of carbonyl (C=O) groups excluding carboxylic acids is 2. The first kappa shape index (κ1) is 54.7. The summed E-state index contributed by atoms with van der Waals surface area (Å²) in [6.07, 6.45) is -0.705. The molecule has 0 saturated carbocycles. The molecule has 15 nitrogen and oxygen atoms in total. The van der Waals surface area contributed by atoms with Crippen molar-refractivity contribution in [1.29, 1.82) is 0 Å². The van der Waals surface area contributed by atoms with Crippen molar-refractivity contribution in [3.05, 3.63) is 59.7 Å². The van der Waals surface area contributed by atoms with E-state index in [1.54, 1.807) is 18.2 Å². The van der Waals surface area contributed by atoms with E-state index < -0.39 is 17.7 Å². The third kappa shape index (κ3) is 28.3. The number of ether oxygens (including phenoxy) is 12. The minimum absolute atomic E-state index is 0.00745. The van der Waals surface area contributed by atoms with E-state index in [1.165, 1.54) is 18.2 Å². The van der Waals surface area contributed by atoms with Gasteiger partial charge >= 0.3 is 18.1 Å². The molecule has 1 N–H and O–H groups in total. The van der Waals surface area contributed by atoms with Gasteiger partial charge in [0.05, 0.1) is 155 Å². The second-order valence-electron chi connectivity index (χ2n) is 13.4. The lowest BCUT2D eigenvalue weighted by Crippen LogP contribution is -2.20. The summed E-state index contributed by atoms with van der Waals surface area (Å²) in [5.41, 5.74) is -0.105. The van der Waals surface area contributed by atoms with E-state index in [0.29, 0.717) is 131 Å². The number of benzene rings is 2. The number of nitrogens with one attached hydrogen (secondary N) is 1. The molecular weight excluding hydrogens is 823 g/mol. The Morgan fingerprint density at radius 2 is 0.935 bits per heavy atom. The van der Waals surface area contributed by atoms with Gasteiger partial charge in [-0.3, -0.25) is 4.79 Å². The van der Waals surface area contributed by atoms with Gasteiger partial charge in [0.1, 0.15) is 13.2 Å². The van der Waals surface area contributed by atoms with Crippen LogP contribution in [0.4, 0.5) is 24.5 Å². The fourth-order valence-electron chi connectivity index (χ4n) is 5.31. The maximum atomic E-state index is 13.1. The lowest BCUT2D eigenvalue weighted by Gasteiger charge is -2.13. The van der Waals surface area contributed by atoms with Crippen LogP contribution in [0.3, 0.4) is 0 Å². The molecule has 0 spiro atoms. The zero-order chi connectivity index (χ0) is 44.8. The normalized spacial score (nSPS) is 12.1. The maximum absolute atomic E-state index is 13.1. The number of carbonyl (C=O) groups is 2. The van der Waals surface area contributed by atoms with E-state index in [9.17, 15) is 22.8 Å². The molecule has 0 heterocycles. The van der Waals surface area contributed by atoms with E-state index in [4.69, 9.17) is 56.8 Å². The van der Waals surface area contributed by atoms with Crippen molar-refractivity contribution in [1.82, 2.24) is 0 Å². The monoisotopic (exact) mass is 891 g/mol. The highest BCUT2D eigenvalue weighted by Crippen LogP contribution is 2.32. The summed E-state index contributed by atoms with van der Waals surface area (Å²) < 4.78 is 104. The van der Waals surface area contributed by atoms with Crippen LogP contribution < -0.4 is 5.32 Å². The van der Waals surface area contributed by atoms with Crippen LogP contribution in [0, 0.1) is 5.92 Å². The standard InChI is InChI=1S/C44H68F3NO14/c1-3-5-9-37(4-2)42(49)61-34-32-59-30-28-57-26-24-55-22-20-53-18-16-51-14-15-52-17-19-54-21-23-56-25-27-58-29-31-60-33-35-62-43(50)40-12-6-7-13-41(40)48-39-11-8-10-38(36-39)44(45,46)47/h6-8,10-13,36-37,48H,3-5,9,14-35H2,1-2H3. The molecule has 0 saturated heterocycles. The molecule has 354 valence electrons. The Hall–Kier alpha value is -3.43. The molecule has 2 aromatic rings. The average Bonchev–Trinajstić information content (AvgIpc) is 3.26. The Morgan fingerprint density at radius 1 is 0.532 bits per heavy atom. The van der Waals surface area contributed by atoms with Gasteiger partial charge in [-0.05, 0) is 43.2 Å². The Bertz CT molecular complexity index is 1410. The van der Waals surface area contributed by atoms with Crippen LogP contribution in [0.2, 0.25) is 0 Å². The van der Waals surface area contributed by atoms with Gasteiger partial charge in [-0.15, -0.1) is 0 Å². The molecule has 0 aliphatic heterocycles. The molecular formula is C44H68F3NO14. The third-order valence-electron chi connectivity index (χ3n) is 8.63. The molecule has 62 heavy (non-hydrogen) atoms. The largest absolute Gasteiger partial charge is 0.463 e. The highest BCUT2D eigenvalue weighted by atomic mass is 19.4. The number of alkyl halides is 3. The van der Waals surface area contributed by atoms with Crippen LogP contribution in [0.15, 0.2) is 48.5 Å². The second-order valence-corrected chi connectivity index (χ2v) is 13.4. The number of halogens is 3. The van der Waals surface area contributed by atoms with E-state index >= 15 is 0 Å². The molecule has 0 aliphatic carbocycles. The van der Waals surface area contributed by atoms with Crippen molar-refractivity contribution in [2.45, 2.75) is 45.7 Å². The summed E-state index contributed by atoms with van der Waals surface area (Å²) in [5.74, 6) is -0.788. The smallest absolute Gasteiger partial charge is 0.416 e. The van der Waals surface area contributed by atoms with Gasteiger partial charge in [-0.1, -0.05) is 44.9 Å². The van der Waals surface area contributed by atoms with Crippen LogP contribution in [-0.2, 0) is 67.8 Å². The first-order valence-electron chi connectivity index (χ1n) is 21.4. The average molecular weight is 892 g/mol. The highest BCUT2D eigenvalue weighted by molar-refractivity contribution is 5.96. The number of hydrogen-bond donors (Lipinski definition) is 1. The van der Waals surface area contributed by atoms with Gasteiger partial charge in [0.25, 0.3) is 0 Å². The van der Waals surface area contributed by atoms with Crippen molar-refractivity contribution in [3.8, 4) is 0 Å². The summed E-state index contributed by atoms with van der Waals surface area (Å²) >= 11 is 0. The van der Waals surface area contributed by atoms with Gasteiger partial charge in [0.2, 0.25) is 0 Å². The Kier molecular flexibility index (Phi) is 32.6. The number of rotatable bonds is 41. The predicted molar refractivity (Wildman–Crippen MR) is 224 cm³/mol. The molecule has 1 atom stereocenters. The topological polar surface area (TPSA) is 157 Å². The number of para-hydroxylation sites is 1. The molecule has 0 amide bonds. The maximum Gasteiger partial charge on any atom is 0.416 e. The first-order valence-corrected chi connectivity index (χ1v) is 21.4. The van der Waals surface area contributed by atoms with Gasteiger partial charge < -0.3 is 62.2 Å². The van der Waals surface area contributed by atoms with Gasteiger partial charge in [0, 0.05) is 5.69 Å². The van der Waals surface area contributed by atoms with Gasteiger partial charge in [-0.2, -0.15) is 13.2 Å². The van der Waals surface area contributed by atoms with E-state index in [1.807, 2.05) is 6.92 Å². The zero-order valence-corrected chi connectivity index (χ0v) is 36.4. The summed E-state index contributed by atoms with van der Waals surface area (Å²) in [6, 6.07) is 11.1. The molecule has 0 fully saturated rings. The number of esters is 2. The molecule has 18 heteroatoms. The highest BCUT2D eigenvalue weighted by Gasteiger charge is 2.30. The SMILES string of the molecule is CCCCC(CC)C(=O)OCCOCCOCCOCCOCCOCCOCCOCCOCCOCCOCCOC(=O)c1ccccc1Nc1cccc(C(F)(F)F)c1. The van der Waals surface area contributed by atoms with E-state index in [2.05, 4.69) is 12.2 Å². The summed E-state index contributed by atoms with van der Waals surface area (Å²) in [7, 11) is 0. The quantitative estimate of drug-likeness (QED) is 0.0567. The van der Waals surface area contributed by atoms with Crippen molar-refractivity contribution in [3.63, 3.8) is 0 Å². The van der Waals surface area contributed by atoms with Crippen LogP contribution in [0.1, 0.15) is 55.5 Å². The number of hydrogen-bond acceptors (Lipinski definition) is 15. The third-order valence-corrected chi connectivity index (χ3v) is 8.63. The second kappa shape index (κ2) is 37.0. The van der Waals surface area contributed by atoms with Crippen LogP contribution >= 0.6 is 0 Å². The first-order chi connectivity index (χ1) is 30.3. The Balaban J connectivity index is 1.25. The van der Waals surface area contributed by atoms with Crippen molar-refractivity contribution in [2.75, 3.05) is 151 Å². The summed E-state index contributed by atoms with van der Waals surface area (Å²) in [6.45, 7) is 12.6. The lowest BCUT2D eigenvalue weighted by molar-refractivity contribution is -0.150. The molecule has 2 rings (SSSR count). The van der Waals surface area contributed by atoms with Crippen LogP contribution in [-0.4, -0.2) is 157 Å². The van der Waals surface area contributed by atoms with Crippen molar-refractivity contribution < 1.29 is 79.6 Å². The molecule has 2 aromatic carbocycles. The summed E-state index contributed by atoms with van der Waals surface area (Å²) in [4.78, 5) is 24.7. The van der Waals surface area contributed by atoms with Crippen molar-refractivity contribution in [2.24, 2.45) is 5.92 Å². The lowest BCUT2D eigenvalue weighted by atomic mass is 10.00. The summed E-state index contributed by atoms with van der Waals surface area (Å²) in [5, 5.41) is 2.86. The van der Waals surface area contributed by atoms with Gasteiger partial charge in [-0.25, -0.2) is 4.79 Å². The fourth-order valence-corrected chi connectivity index (χ4v) is 5.31. The molecule has 0 aliphatic rings. The number of anilines is 2. The van der Waals surface area contributed by atoms with E-state index in [0.717, 1.165) is 37.8 Å². The van der Waals surface area contributed by atoms with Crippen molar-refractivity contribution >= 4 is 23.3 Å². The predicted octanol–water partition coefficient (Wildman–Crippen LogP) is 6.53. The molecule has 1 unspecified atom stereocenters. The minimum atomic E-state index is -4.48. The molecule has 0 bridgehead atoms. The Morgan fingerprint density at radius 3 is 1.34 bits per heavy atom. The van der Waals surface area contributed by atoms with Crippen LogP contribution in [0.25, 0.3) is 0 Å². The van der Waals surface area contributed by atoms with E-state index in [-0.39, 0.29) is 43.0 Å². The molecule has 0 radical (unpaired) electrons. The molecule has 0 aromatic heterocycles. The zero-order valence-electron chi connectivity index (χ0n) is 36.4. The van der Waals surface area contributed by atoms with Crippen LogP contribution in [0.5, 0.6) is 0 Å². The number of unbranched alkanes of at least 4 members (excludes halogenated alkanes) is 1. The Labute approximate surface area is 364 Å². The fraction of sp³-hybridized carbons (Fsp3) is 0.682. The van der Waals surface area contributed by atoms with Gasteiger partial charge in [0.15, 0.2) is 0 Å².